The van der Waals surface area contributed by atoms with Crippen LogP contribution in [-0.4, -0.2) is 30.2 Å². The summed E-state index contributed by atoms with van der Waals surface area (Å²) in [4.78, 5) is 26.4. The molecule has 0 bridgehead atoms. The highest BCUT2D eigenvalue weighted by Crippen LogP contribution is 2.19. The van der Waals surface area contributed by atoms with Crippen LogP contribution in [0.25, 0.3) is 0 Å². The number of para-hydroxylation sites is 1. The van der Waals surface area contributed by atoms with Gasteiger partial charge in [-0.2, -0.15) is 5.26 Å². The number of nitrogens with zero attached hydrogens (tertiary/aromatic N) is 3. The zero-order valence-corrected chi connectivity index (χ0v) is 17.9. The van der Waals surface area contributed by atoms with Gasteiger partial charge in [0.25, 0.3) is 5.91 Å². The Morgan fingerprint density at radius 2 is 1.81 bits per heavy atom. The van der Waals surface area contributed by atoms with Gasteiger partial charge in [0.2, 0.25) is 0 Å². The second kappa shape index (κ2) is 10.8. The number of nitriles is 1. The standard InChI is InChI=1S/C24H23N3O5/c1-17-22(18(2)32-26-17)15-30-21-11-9-19(10-12-21)24(29)31-16-23(28)27(14-6-13-25)20-7-4-3-5-8-20/h3-5,7-12H,6,14-16H2,1-2H3. The van der Waals surface area contributed by atoms with Gasteiger partial charge in [0.05, 0.1) is 29.3 Å². The van der Waals surface area contributed by atoms with E-state index in [2.05, 4.69) is 5.16 Å². The number of aryl methyl sites for hydroxylation is 2. The van der Waals surface area contributed by atoms with Gasteiger partial charge in [-0.1, -0.05) is 23.4 Å². The van der Waals surface area contributed by atoms with Gasteiger partial charge in [0.1, 0.15) is 18.1 Å². The molecule has 164 valence electrons. The molecule has 0 aliphatic rings. The molecule has 0 atom stereocenters. The van der Waals surface area contributed by atoms with Crippen molar-refractivity contribution in [3.8, 4) is 11.8 Å². The van der Waals surface area contributed by atoms with Crippen molar-refractivity contribution >= 4 is 17.6 Å². The normalized spacial score (nSPS) is 10.3. The second-order valence-electron chi connectivity index (χ2n) is 6.98. The van der Waals surface area contributed by atoms with Crippen molar-refractivity contribution in [2.45, 2.75) is 26.9 Å². The van der Waals surface area contributed by atoms with E-state index >= 15 is 0 Å². The highest BCUT2D eigenvalue weighted by molar-refractivity contribution is 5.97. The monoisotopic (exact) mass is 433 g/mol. The number of hydrogen-bond donors (Lipinski definition) is 0. The first-order chi connectivity index (χ1) is 15.5. The first-order valence-corrected chi connectivity index (χ1v) is 10.0. The Morgan fingerprint density at radius 1 is 1.09 bits per heavy atom. The van der Waals surface area contributed by atoms with E-state index < -0.39 is 18.5 Å². The van der Waals surface area contributed by atoms with Crippen LogP contribution in [0.3, 0.4) is 0 Å². The van der Waals surface area contributed by atoms with E-state index in [0.29, 0.717) is 29.4 Å². The number of benzene rings is 2. The second-order valence-corrected chi connectivity index (χ2v) is 6.98. The van der Waals surface area contributed by atoms with E-state index in [-0.39, 0.29) is 13.0 Å². The summed E-state index contributed by atoms with van der Waals surface area (Å²) >= 11 is 0. The van der Waals surface area contributed by atoms with Crippen LogP contribution in [-0.2, 0) is 16.1 Å². The number of carbonyl (C=O) groups excluding carboxylic acids is 2. The van der Waals surface area contributed by atoms with E-state index in [0.717, 1.165) is 11.3 Å². The number of esters is 1. The number of hydrogen-bond acceptors (Lipinski definition) is 7. The summed E-state index contributed by atoms with van der Waals surface area (Å²) in [6.07, 6.45) is 0.171. The van der Waals surface area contributed by atoms with Crippen LogP contribution in [0.15, 0.2) is 59.1 Å². The van der Waals surface area contributed by atoms with Gasteiger partial charge in [-0.25, -0.2) is 4.79 Å². The average Bonchev–Trinajstić information content (AvgIpc) is 3.14. The summed E-state index contributed by atoms with van der Waals surface area (Å²) in [5.41, 5.74) is 2.59. The molecule has 0 N–H and O–H groups in total. The van der Waals surface area contributed by atoms with Crippen LogP contribution < -0.4 is 9.64 Å². The van der Waals surface area contributed by atoms with Crippen molar-refractivity contribution in [2.75, 3.05) is 18.1 Å². The minimum Gasteiger partial charge on any atom is -0.489 e. The Kier molecular flexibility index (Phi) is 7.60. The van der Waals surface area contributed by atoms with E-state index in [9.17, 15) is 9.59 Å². The highest BCUT2D eigenvalue weighted by Gasteiger charge is 2.18. The van der Waals surface area contributed by atoms with Gasteiger partial charge in [0.15, 0.2) is 6.61 Å². The fourth-order valence-electron chi connectivity index (χ4n) is 3.01. The van der Waals surface area contributed by atoms with Crippen molar-refractivity contribution in [1.29, 1.82) is 5.26 Å². The lowest BCUT2D eigenvalue weighted by Gasteiger charge is -2.21. The van der Waals surface area contributed by atoms with Crippen molar-refractivity contribution in [3.63, 3.8) is 0 Å². The molecule has 3 rings (SSSR count). The molecule has 0 aliphatic carbocycles. The molecule has 0 saturated heterocycles. The third-order valence-corrected chi connectivity index (χ3v) is 4.80. The van der Waals surface area contributed by atoms with Gasteiger partial charge in [-0.15, -0.1) is 0 Å². The molecule has 1 aromatic heterocycles. The molecule has 2 aromatic carbocycles. The van der Waals surface area contributed by atoms with E-state index in [1.807, 2.05) is 26.0 Å². The predicted molar refractivity (Wildman–Crippen MR) is 116 cm³/mol. The van der Waals surface area contributed by atoms with Crippen molar-refractivity contribution in [2.24, 2.45) is 0 Å². The summed E-state index contributed by atoms with van der Waals surface area (Å²) in [7, 11) is 0. The molecule has 0 radical (unpaired) electrons. The first kappa shape index (κ1) is 22.6. The van der Waals surface area contributed by atoms with Gasteiger partial charge >= 0.3 is 5.97 Å². The van der Waals surface area contributed by atoms with E-state index in [4.69, 9.17) is 19.3 Å². The summed E-state index contributed by atoms with van der Waals surface area (Å²) in [6.45, 7) is 3.75. The van der Waals surface area contributed by atoms with Crippen molar-refractivity contribution in [1.82, 2.24) is 5.16 Å². The zero-order valence-electron chi connectivity index (χ0n) is 17.9. The van der Waals surface area contributed by atoms with Crippen LogP contribution in [0, 0.1) is 25.2 Å². The molecule has 8 nitrogen and oxygen atoms in total. The maximum absolute atomic E-state index is 12.6. The van der Waals surface area contributed by atoms with Gasteiger partial charge in [-0.05, 0) is 50.2 Å². The van der Waals surface area contributed by atoms with Crippen LogP contribution in [0.2, 0.25) is 0 Å². The molecule has 1 amide bonds. The molecule has 32 heavy (non-hydrogen) atoms. The number of amides is 1. The van der Waals surface area contributed by atoms with E-state index in [1.165, 1.54) is 4.90 Å². The summed E-state index contributed by atoms with van der Waals surface area (Å²) in [5, 5.41) is 12.7. The highest BCUT2D eigenvalue weighted by atomic mass is 16.5. The molecule has 8 heteroatoms. The number of rotatable bonds is 9. The molecule has 0 unspecified atom stereocenters. The minimum atomic E-state index is -0.621. The minimum absolute atomic E-state index is 0.171. The maximum atomic E-state index is 12.6. The van der Waals surface area contributed by atoms with Crippen LogP contribution in [0.1, 0.15) is 33.8 Å². The third kappa shape index (κ3) is 5.73. The zero-order chi connectivity index (χ0) is 22.9. The van der Waals surface area contributed by atoms with Crippen LogP contribution in [0.5, 0.6) is 5.75 Å². The topological polar surface area (TPSA) is 106 Å². The van der Waals surface area contributed by atoms with Crippen LogP contribution >= 0.6 is 0 Å². The number of ether oxygens (including phenoxy) is 2. The van der Waals surface area contributed by atoms with Crippen molar-refractivity contribution < 1.29 is 23.6 Å². The molecular formula is C24H23N3O5. The number of aromatic nitrogens is 1. The summed E-state index contributed by atoms with van der Waals surface area (Å²) in [5.74, 6) is 0.249. The number of anilines is 1. The molecule has 0 aliphatic heterocycles. The lowest BCUT2D eigenvalue weighted by Crippen LogP contribution is -2.35. The molecule has 0 saturated carbocycles. The molecule has 3 aromatic rings. The third-order valence-electron chi connectivity index (χ3n) is 4.80. The Labute approximate surface area is 185 Å². The Balaban J connectivity index is 1.55. The van der Waals surface area contributed by atoms with Gasteiger partial charge in [-0.3, -0.25) is 4.79 Å². The largest absolute Gasteiger partial charge is 0.489 e. The number of carbonyl (C=O) groups is 2. The molecular weight excluding hydrogens is 410 g/mol. The predicted octanol–water partition coefficient (Wildman–Crippen LogP) is 3.97. The van der Waals surface area contributed by atoms with Gasteiger partial charge in [0, 0.05) is 12.2 Å². The fourth-order valence-corrected chi connectivity index (χ4v) is 3.01. The molecule has 0 spiro atoms. The molecule has 1 heterocycles. The lowest BCUT2D eigenvalue weighted by atomic mass is 10.2. The Bertz CT molecular complexity index is 1080. The lowest BCUT2D eigenvalue weighted by molar-refractivity contribution is -0.121. The van der Waals surface area contributed by atoms with E-state index in [1.54, 1.807) is 48.5 Å². The fraction of sp³-hybridized carbons (Fsp3) is 0.250. The summed E-state index contributed by atoms with van der Waals surface area (Å²) < 4.78 is 16.0. The van der Waals surface area contributed by atoms with Crippen LogP contribution in [0.4, 0.5) is 5.69 Å². The average molecular weight is 433 g/mol. The quantitative estimate of drug-likeness (QED) is 0.470. The smallest absolute Gasteiger partial charge is 0.338 e. The Morgan fingerprint density at radius 3 is 2.44 bits per heavy atom. The maximum Gasteiger partial charge on any atom is 0.338 e. The first-order valence-electron chi connectivity index (χ1n) is 10.0. The Hall–Kier alpha value is -4.12. The summed E-state index contributed by atoms with van der Waals surface area (Å²) in [6, 6.07) is 17.4. The molecule has 0 fully saturated rings. The van der Waals surface area contributed by atoms with Crippen molar-refractivity contribution in [3.05, 3.63) is 77.2 Å². The van der Waals surface area contributed by atoms with Gasteiger partial charge < -0.3 is 18.9 Å². The SMILES string of the molecule is Cc1noc(C)c1COc1ccc(C(=O)OCC(=O)N(CCC#N)c2ccccc2)cc1.